The predicted octanol–water partition coefficient (Wildman–Crippen LogP) is 3.11. The van der Waals surface area contributed by atoms with Gasteiger partial charge < -0.3 is 10.6 Å². The summed E-state index contributed by atoms with van der Waals surface area (Å²) < 4.78 is 12.9. The van der Waals surface area contributed by atoms with Crippen LogP contribution < -0.4 is 10.6 Å². The van der Waals surface area contributed by atoms with Gasteiger partial charge >= 0.3 is 0 Å². The molecular weight excluding hydrogens is 307 g/mol. The smallest absolute Gasteiger partial charge is 0.270 e. The Hall–Kier alpha value is -2.50. The highest BCUT2D eigenvalue weighted by molar-refractivity contribution is 5.93. The maximum atomic E-state index is 12.9. The number of amides is 1. The van der Waals surface area contributed by atoms with Crippen molar-refractivity contribution in [2.24, 2.45) is 0 Å². The van der Waals surface area contributed by atoms with Crippen LogP contribution in [0.2, 0.25) is 0 Å². The number of aryl methyl sites for hydroxylation is 1. The molecule has 0 radical (unpaired) electrons. The molecule has 0 aliphatic heterocycles. The van der Waals surface area contributed by atoms with Gasteiger partial charge in [0, 0.05) is 17.8 Å². The molecule has 0 unspecified atom stereocenters. The Morgan fingerprint density at radius 1 is 1.17 bits per heavy atom. The first kappa shape index (κ1) is 17.8. The lowest BCUT2D eigenvalue weighted by Gasteiger charge is -2.20. The third-order valence-corrected chi connectivity index (χ3v) is 3.19. The molecular formula is C18H23FN4O. The van der Waals surface area contributed by atoms with Crippen molar-refractivity contribution < 1.29 is 9.18 Å². The van der Waals surface area contributed by atoms with Crippen molar-refractivity contribution in [3.63, 3.8) is 0 Å². The minimum absolute atomic E-state index is 0.227. The molecule has 1 heterocycles. The molecule has 0 bridgehead atoms. The molecule has 2 aromatic rings. The second-order valence-electron chi connectivity index (χ2n) is 6.73. The number of halogens is 1. The number of aromatic nitrogens is 2. The Kier molecular flexibility index (Phi) is 5.49. The average molecular weight is 330 g/mol. The van der Waals surface area contributed by atoms with Gasteiger partial charge in [0.25, 0.3) is 5.91 Å². The van der Waals surface area contributed by atoms with Crippen LogP contribution in [0, 0.1) is 12.7 Å². The van der Waals surface area contributed by atoms with E-state index in [1.807, 2.05) is 27.7 Å². The first-order chi connectivity index (χ1) is 11.2. The highest BCUT2D eigenvalue weighted by Crippen LogP contribution is 2.09. The number of hydrogen-bond acceptors (Lipinski definition) is 4. The maximum absolute atomic E-state index is 12.9. The molecule has 0 saturated carbocycles. The van der Waals surface area contributed by atoms with Crippen molar-refractivity contribution in [3.05, 3.63) is 53.1 Å². The van der Waals surface area contributed by atoms with E-state index in [1.165, 1.54) is 12.1 Å². The average Bonchev–Trinajstić information content (AvgIpc) is 2.47. The Morgan fingerprint density at radius 3 is 2.46 bits per heavy atom. The molecule has 0 spiro atoms. The van der Waals surface area contributed by atoms with E-state index in [9.17, 15) is 9.18 Å². The topological polar surface area (TPSA) is 66.9 Å². The molecule has 0 aliphatic carbocycles. The summed E-state index contributed by atoms with van der Waals surface area (Å²) in [6.07, 6.45) is 0.709. The number of nitrogens with zero attached hydrogens (tertiary/aromatic N) is 2. The summed E-state index contributed by atoms with van der Waals surface area (Å²) in [4.78, 5) is 20.8. The Bertz CT molecular complexity index is 708. The number of carbonyl (C=O) groups excluding carboxylic acids is 1. The lowest BCUT2D eigenvalue weighted by Crippen LogP contribution is -2.41. The Labute approximate surface area is 141 Å². The van der Waals surface area contributed by atoms with Crippen LogP contribution in [0.1, 0.15) is 42.5 Å². The number of anilines is 1. The zero-order valence-electron chi connectivity index (χ0n) is 14.5. The SMILES string of the molecule is Cc1cc(C(=O)NC(C)(C)C)nc(NCCc2ccc(F)cc2)n1. The van der Waals surface area contributed by atoms with Crippen molar-refractivity contribution in [2.75, 3.05) is 11.9 Å². The summed E-state index contributed by atoms with van der Waals surface area (Å²) >= 11 is 0. The molecule has 0 atom stereocenters. The number of hydrogen-bond donors (Lipinski definition) is 2. The number of rotatable bonds is 5. The summed E-state index contributed by atoms with van der Waals surface area (Å²) in [5.74, 6) is -0.0611. The minimum atomic E-state index is -0.327. The van der Waals surface area contributed by atoms with Crippen LogP contribution >= 0.6 is 0 Å². The molecule has 2 rings (SSSR count). The standard InChI is InChI=1S/C18H23FN4O/c1-12-11-15(16(24)23-18(2,3)4)22-17(21-12)20-10-9-13-5-7-14(19)8-6-13/h5-8,11H,9-10H2,1-4H3,(H,23,24)(H,20,21,22). The van der Waals surface area contributed by atoms with Crippen molar-refractivity contribution in [1.82, 2.24) is 15.3 Å². The highest BCUT2D eigenvalue weighted by atomic mass is 19.1. The number of nitrogens with one attached hydrogen (secondary N) is 2. The number of benzene rings is 1. The minimum Gasteiger partial charge on any atom is -0.354 e. The van der Waals surface area contributed by atoms with Gasteiger partial charge in [-0.1, -0.05) is 12.1 Å². The van der Waals surface area contributed by atoms with Crippen LogP contribution in [-0.2, 0) is 6.42 Å². The van der Waals surface area contributed by atoms with Gasteiger partial charge in [0.1, 0.15) is 11.5 Å². The Balaban J connectivity index is 2.00. The van der Waals surface area contributed by atoms with Gasteiger partial charge in [-0.05, 0) is 57.9 Å². The molecule has 5 nitrogen and oxygen atoms in total. The molecule has 1 aromatic heterocycles. The maximum Gasteiger partial charge on any atom is 0.270 e. The van der Waals surface area contributed by atoms with Crippen LogP contribution in [0.5, 0.6) is 0 Å². The zero-order chi connectivity index (χ0) is 17.7. The quantitative estimate of drug-likeness (QED) is 0.884. The van der Waals surface area contributed by atoms with E-state index < -0.39 is 0 Å². The van der Waals surface area contributed by atoms with E-state index in [4.69, 9.17) is 0 Å². The third-order valence-electron chi connectivity index (χ3n) is 3.19. The van der Waals surface area contributed by atoms with E-state index >= 15 is 0 Å². The van der Waals surface area contributed by atoms with Crippen LogP contribution in [0.15, 0.2) is 30.3 Å². The molecule has 1 amide bonds. The van der Waals surface area contributed by atoms with Crippen molar-refractivity contribution >= 4 is 11.9 Å². The summed E-state index contributed by atoms with van der Waals surface area (Å²) in [7, 11) is 0. The first-order valence-electron chi connectivity index (χ1n) is 7.89. The van der Waals surface area contributed by atoms with Gasteiger partial charge in [-0.3, -0.25) is 4.79 Å². The van der Waals surface area contributed by atoms with E-state index in [2.05, 4.69) is 20.6 Å². The molecule has 0 saturated heterocycles. The van der Waals surface area contributed by atoms with Gasteiger partial charge in [0.15, 0.2) is 0 Å². The normalized spacial score (nSPS) is 11.2. The molecule has 0 fully saturated rings. The summed E-state index contributed by atoms with van der Waals surface area (Å²) in [5.41, 5.74) is 1.74. The fourth-order valence-electron chi connectivity index (χ4n) is 2.14. The Morgan fingerprint density at radius 2 is 1.83 bits per heavy atom. The summed E-state index contributed by atoms with van der Waals surface area (Å²) in [6, 6.07) is 8.03. The van der Waals surface area contributed by atoms with Crippen LogP contribution in [-0.4, -0.2) is 28.0 Å². The van der Waals surface area contributed by atoms with Gasteiger partial charge in [-0.25, -0.2) is 14.4 Å². The lowest BCUT2D eigenvalue weighted by molar-refractivity contribution is 0.0914. The van der Waals surface area contributed by atoms with Crippen LogP contribution in [0.4, 0.5) is 10.3 Å². The van der Waals surface area contributed by atoms with E-state index in [-0.39, 0.29) is 17.3 Å². The molecule has 1 aromatic carbocycles. The van der Waals surface area contributed by atoms with Crippen LogP contribution in [0.25, 0.3) is 0 Å². The molecule has 6 heteroatoms. The molecule has 24 heavy (non-hydrogen) atoms. The monoisotopic (exact) mass is 330 g/mol. The third kappa shape index (κ3) is 5.61. The van der Waals surface area contributed by atoms with Gasteiger partial charge in [-0.2, -0.15) is 0 Å². The second kappa shape index (κ2) is 7.38. The molecule has 0 aliphatic rings. The largest absolute Gasteiger partial charge is 0.354 e. The van der Waals surface area contributed by atoms with E-state index in [0.717, 1.165) is 5.56 Å². The molecule has 2 N–H and O–H groups in total. The van der Waals surface area contributed by atoms with E-state index in [1.54, 1.807) is 18.2 Å². The fraction of sp³-hybridized carbons (Fsp3) is 0.389. The lowest BCUT2D eigenvalue weighted by atomic mass is 10.1. The van der Waals surface area contributed by atoms with Crippen molar-refractivity contribution in [3.8, 4) is 0 Å². The summed E-state index contributed by atoms with van der Waals surface area (Å²) in [6.45, 7) is 8.17. The van der Waals surface area contributed by atoms with Gasteiger partial charge in [0.05, 0.1) is 0 Å². The van der Waals surface area contributed by atoms with Gasteiger partial charge in [0.2, 0.25) is 5.95 Å². The predicted molar refractivity (Wildman–Crippen MR) is 92.6 cm³/mol. The summed E-state index contributed by atoms with van der Waals surface area (Å²) in [5, 5.41) is 6.00. The van der Waals surface area contributed by atoms with Crippen molar-refractivity contribution in [1.29, 1.82) is 0 Å². The van der Waals surface area contributed by atoms with Crippen LogP contribution in [0.3, 0.4) is 0 Å². The number of carbonyl (C=O) groups is 1. The van der Waals surface area contributed by atoms with Gasteiger partial charge in [-0.15, -0.1) is 0 Å². The second-order valence-corrected chi connectivity index (χ2v) is 6.73. The molecule has 128 valence electrons. The van der Waals surface area contributed by atoms with E-state index in [0.29, 0.717) is 30.3 Å². The van der Waals surface area contributed by atoms with Crippen molar-refractivity contribution in [2.45, 2.75) is 39.7 Å². The first-order valence-corrected chi connectivity index (χ1v) is 7.89. The fourth-order valence-corrected chi connectivity index (χ4v) is 2.14. The highest BCUT2D eigenvalue weighted by Gasteiger charge is 2.17. The zero-order valence-corrected chi connectivity index (χ0v) is 14.5.